The molecule has 2 rings (SSSR count). The predicted molar refractivity (Wildman–Crippen MR) is 74.4 cm³/mol. The Labute approximate surface area is 112 Å². The van der Waals surface area contributed by atoms with E-state index >= 15 is 0 Å². The summed E-state index contributed by atoms with van der Waals surface area (Å²) < 4.78 is 1.77. The monoisotopic (exact) mass is 255 g/mol. The third-order valence-corrected chi connectivity index (χ3v) is 3.02. The van der Waals surface area contributed by atoms with Gasteiger partial charge in [0.2, 0.25) is 0 Å². The Morgan fingerprint density at radius 1 is 1.47 bits per heavy atom. The Bertz CT molecular complexity index is 621. The first-order chi connectivity index (χ1) is 9.21. The lowest BCUT2D eigenvalue weighted by Crippen LogP contribution is -2.06. The van der Waals surface area contributed by atoms with Crippen molar-refractivity contribution in [3.63, 3.8) is 0 Å². The number of hydrogen-bond acceptors (Lipinski definition) is 4. The van der Waals surface area contributed by atoms with Gasteiger partial charge in [-0.15, -0.1) is 0 Å². The van der Waals surface area contributed by atoms with Crippen LogP contribution < -0.4 is 5.32 Å². The average molecular weight is 255 g/mol. The molecule has 0 aliphatic heterocycles. The molecule has 0 radical (unpaired) electrons. The molecule has 0 spiro atoms. The second kappa shape index (κ2) is 5.53. The smallest absolute Gasteiger partial charge is 0.165 e. The molecule has 0 fully saturated rings. The van der Waals surface area contributed by atoms with Gasteiger partial charge in [0.05, 0.1) is 5.69 Å². The van der Waals surface area contributed by atoms with E-state index < -0.39 is 0 Å². The summed E-state index contributed by atoms with van der Waals surface area (Å²) in [5.41, 5.74) is 3.45. The number of nitrogens with zero attached hydrogens (tertiary/aromatic N) is 4. The number of nitrogens with one attached hydrogen (secondary N) is 1. The minimum Gasteiger partial charge on any atom is -0.373 e. The lowest BCUT2D eigenvalue weighted by atomic mass is 10.1. The quantitative estimate of drug-likeness (QED) is 0.911. The van der Waals surface area contributed by atoms with E-state index in [-0.39, 0.29) is 0 Å². The van der Waals surface area contributed by atoms with Crippen molar-refractivity contribution in [2.45, 2.75) is 26.7 Å². The van der Waals surface area contributed by atoms with Crippen molar-refractivity contribution in [1.82, 2.24) is 14.8 Å². The molecule has 5 nitrogen and oxygen atoms in total. The zero-order valence-corrected chi connectivity index (χ0v) is 11.4. The van der Waals surface area contributed by atoms with Crippen LogP contribution in [0.3, 0.4) is 0 Å². The standard InChI is InChI=1S/C14H17N5/c1-4-5-11-13(6-7-17-14(11)16-3)19-9-10(2)12(8-15)18-19/h6-7,9H,4-5H2,1-3H3,(H,16,17). The van der Waals surface area contributed by atoms with E-state index in [4.69, 9.17) is 5.26 Å². The normalized spacial score (nSPS) is 10.2. The van der Waals surface area contributed by atoms with Crippen molar-refractivity contribution >= 4 is 5.82 Å². The molecule has 19 heavy (non-hydrogen) atoms. The highest BCUT2D eigenvalue weighted by Crippen LogP contribution is 2.23. The van der Waals surface area contributed by atoms with Crippen molar-refractivity contribution in [1.29, 1.82) is 5.26 Å². The first-order valence-corrected chi connectivity index (χ1v) is 6.33. The predicted octanol–water partition coefficient (Wildman–Crippen LogP) is 2.44. The molecule has 0 unspecified atom stereocenters. The molecule has 0 saturated heterocycles. The molecule has 0 saturated carbocycles. The molecule has 2 aromatic heterocycles. The molecular formula is C14H17N5. The van der Waals surface area contributed by atoms with E-state index in [9.17, 15) is 0 Å². The number of hydrogen-bond donors (Lipinski definition) is 1. The van der Waals surface area contributed by atoms with Crippen LogP contribution in [-0.4, -0.2) is 21.8 Å². The highest BCUT2D eigenvalue weighted by Gasteiger charge is 2.12. The zero-order chi connectivity index (χ0) is 13.8. The molecule has 2 aromatic rings. The number of anilines is 1. The van der Waals surface area contributed by atoms with Crippen LogP contribution in [0.15, 0.2) is 18.5 Å². The average Bonchev–Trinajstić information content (AvgIpc) is 2.80. The summed E-state index contributed by atoms with van der Waals surface area (Å²) >= 11 is 0. The van der Waals surface area contributed by atoms with E-state index in [0.29, 0.717) is 5.69 Å². The second-order valence-electron chi connectivity index (χ2n) is 4.37. The molecular weight excluding hydrogens is 238 g/mol. The fourth-order valence-electron chi connectivity index (χ4n) is 2.10. The van der Waals surface area contributed by atoms with Crippen LogP contribution in [0.2, 0.25) is 0 Å². The van der Waals surface area contributed by atoms with Gasteiger partial charge in [-0.2, -0.15) is 10.4 Å². The molecule has 0 bridgehead atoms. The number of rotatable bonds is 4. The summed E-state index contributed by atoms with van der Waals surface area (Å²) in [6.45, 7) is 4.02. The van der Waals surface area contributed by atoms with Gasteiger partial charge in [-0.1, -0.05) is 13.3 Å². The highest BCUT2D eigenvalue weighted by molar-refractivity contribution is 5.55. The zero-order valence-electron chi connectivity index (χ0n) is 11.4. The third kappa shape index (κ3) is 2.43. The maximum absolute atomic E-state index is 9.00. The largest absolute Gasteiger partial charge is 0.373 e. The molecule has 98 valence electrons. The first-order valence-electron chi connectivity index (χ1n) is 6.33. The minimum atomic E-state index is 0.463. The highest BCUT2D eigenvalue weighted by atomic mass is 15.3. The van der Waals surface area contributed by atoms with Gasteiger partial charge >= 0.3 is 0 Å². The van der Waals surface area contributed by atoms with Crippen LogP contribution in [0.1, 0.15) is 30.2 Å². The van der Waals surface area contributed by atoms with Gasteiger partial charge in [-0.3, -0.25) is 0 Å². The minimum absolute atomic E-state index is 0.463. The summed E-state index contributed by atoms with van der Waals surface area (Å²) in [7, 11) is 1.86. The van der Waals surface area contributed by atoms with Crippen LogP contribution in [0, 0.1) is 18.3 Å². The van der Waals surface area contributed by atoms with Gasteiger partial charge in [0.15, 0.2) is 5.69 Å². The van der Waals surface area contributed by atoms with Crippen molar-refractivity contribution < 1.29 is 0 Å². The van der Waals surface area contributed by atoms with Gasteiger partial charge in [0.1, 0.15) is 11.9 Å². The van der Waals surface area contributed by atoms with Crippen LogP contribution in [0.4, 0.5) is 5.82 Å². The number of nitriles is 1. The van der Waals surface area contributed by atoms with Crippen LogP contribution in [0.25, 0.3) is 5.69 Å². The fourth-order valence-corrected chi connectivity index (χ4v) is 2.10. The second-order valence-corrected chi connectivity index (χ2v) is 4.37. The Kier molecular flexibility index (Phi) is 3.81. The molecule has 0 atom stereocenters. The number of aromatic nitrogens is 3. The Balaban J connectivity index is 2.57. The van der Waals surface area contributed by atoms with Crippen molar-refractivity contribution in [2.24, 2.45) is 0 Å². The van der Waals surface area contributed by atoms with Gasteiger partial charge in [0.25, 0.3) is 0 Å². The van der Waals surface area contributed by atoms with Crippen LogP contribution in [-0.2, 0) is 6.42 Å². The molecule has 1 N–H and O–H groups in total. The summed E-state index contributed by atoms with van der Waals surface area (Å²) in [4.78, 5) is 4.33. The Hall–Kier alpha value is -2.35. The van der Waals surface area contributed by atoms with E-state index in [1.807, 2.05) is 26.2 Å². The maximum atomic E-state index is 9.00. The molecule has 0 aromatic carbocycles. The lowest BCUT2D eigenvalue weighted by Gasteiger charge is -2.12. The summed E-state index contributed by atoms with van der Waals surface area (Å²) in [6.07, 6.45) is 5.58. The van der Waals surface area contributed by atoms with Gasteiger partial charge < -0.3 is 5.32 Å². The van der Waals surface area contributed by atoms with Gasteiger partial charge in [0, 0.05) is 30.6 Å². The number of pyridine rings is 1. The topological polar surface area (TPSA) is 66.5 Å². The van der Waals surface area contributed by atoms with E-state index in [0.717, 1.165) is 35.5 Å². The molecule has 0 aliphatic carbocycles. The molecule has 2 heterocycles. The molecule has 5 heteroatoms. The van der Waals surface area contributed by atoms with Crippen molar-refractivity contribution in [3.05, 3.63) is 35.3 Å². The number of aryl methyl sites for hydroxylation is 1. The van der Waals surface area contributed by atoms with E-state index in [2.05, 4.69) is 28.4 Å². The lowest BCUT2D eigenvalue weighted by molar-refractivity contribution is 0.830. The van der Waals surface area contributed by atoms with Crippen LogP contribution in [0.5, 0.6) is 0 Å². The first kappa shape index (κ1) is 13.1. The van der Waals surface area contributed by atoms with E-state index in [1.54, 1.807) is 10.9 Å². The maximum Gasteiger partial charge on any atom is 0.165 e. The molecule has 0 amide bonds. The van der Waals surface area contributed by atoms with Crippen molar-refractivity contribution in [2.75, 3.05) is 12.4 Å². The summed E-state index contributed by atoms with van der Waals surface area (Å²) in [5, 5.41) is 16.4. The Morgan fingerprint density at radius 3 is 2.84 bits per heavy atom. The SMILES string of the molecule is CCCc1c(-n2cc(C)c(C#N)n2)ccnc1NC. The fraction of sp³-hybridized carbons (Fsp3) is 0.357. The Morgan fingerprint density at radius 2 is 2.26 bits per heavy atom. The van der Waals surface area contributed by atoms with Gasteiger partial charge in [-0.05, 0) is 19.4 Å². The van der Waals surface area contributed by atoms with E-state index in [1.165, 1.54) is 0 Å². The van der Waals surface area contributed by atoms with Crippen molar-refractivity contribution in [3.8, 4) is 11.8 Å². The van der Waals surface area contributed by atoms with Gasteiger partial charge in [-0.25, -0.2) is 9.67 Å². The third-order valence-electron chi connectivity index (χ3n) is 3.02. The summed E-state index contributed by atoms with van der Waals surface area (Å²) in [6, 6.07) is 4.03. The summed E-state index contributed by atoms with van der Waals surface area (Å²) in [5.74, 6) is 0.867. The van der Waals surface area contributed by atoms with Crippen LogP contribution >= 0.6 is 0 Å². The molecule has 0 aliphatic rings.